The molecule has 0 aromatic heterocycles. The Labute approximate surface area is 157 Å². The minimum absolute atomic E-state index is 0.0555. The Morgan fingerprint density at radius 3 is 2.70 bits per heavy atom. The second kappa shape index (κ2) is 7.36. The predicted octanol–water partition coefficient (Wildman–Crippen LogP) is 2.49. The molecule has 27 heavy (non-hydrogen) atoms. The molecule has 2 heterocycles. The van der Waals surface area contributed by atoms with Crippen LogP contribution in [0.25, 0.3) is 0 Å². The Morgan fingerprint density at radius 2 is 1.93 bits per heavy atom. The molecule has 0 saturated carbocycles. The highest BCUT2D eigenvalue weighted by atomic mass is 16.6. The highest BCUT2D eigenvalue weighted by molar-refractivity contribution is 5.94. The average Bonchev–Trinajstić information content (AvgIpc) is 3.16. The van der Waals surface area contributed by atoms with Crippen LogP contribution in [-0.4, -0.2) is 53.4 Å². The van der Waals surface area contributed by atoms with Crippen LogP contribution in [0.15, 0.2) is 42.5 Å². The van der Waals surface area contributed by atoms with Crippen LogP contribution in [0.5, 0.6) is 5.75 Å². The second-order valence-electron chi connectivity index (χ2n) is 6.92. The van der Waals surface area contributed by atoms with E-state index in [1.54, 1.807) is 17.0 Å². The lowest BCUT2D eigenvalue weighted by Gasteiger charge is -2.34. The van der Waals surface area contributed by atoms with E-state index in [2.05, 4.69) is 17.0 Å². The van der Waals surface area contributed by atoms with Crippen molar-refractivity contribution in [3.8, 4) is 5.75 Å². The minimum atomic E-state index is -0.476. The van der Waals surface area contributed by atoms with Crippen molar-refractivity contribution in [2.75, 3.05) is 32.8 Å². The van der Waals surface area contributed by atoms with Crippen LogP contribution in [0, 0.1) is 10.1 Å². The number of nitro benzene ring substituents is 1. The van der Waals surface area contributed by atoms with E-state index in [-0.39, 0.29) is 11.6 Å². The van der Waals surface area contributed by atoms with Gasteiger partial charge in [0.1, 0.15) is 5.75 Å². The van der Waals surface area contributed by atoms with Crippen molar-refractivity contribution >= 4 is 11.6 Å². The second-order valence-corrected chi connectivity index (χ2v) is 6.92. The number of nitro groups is 1. The summed E-state index contributed by atoms with van der Waals surface area (Å²) in [5.41, 5.74) is 2.85. The number of amides is 1. The number of carbonyl (C=O) groups excluding carboxylic acids is 1. The van der Waals surface area contributed by atoms with Gasteiger partial charge in [-0.3, -0.25) is 19.8 Å². The number of benzene rings is 2. The Hall–Kier alpha value is -2.93. The zero-order valence-electron chi connectivity index (χ0n) is 15.0. The first-order valence-corrected chi connectivity index (χ1v) is 9.11. The third kappa shape index (κ3) is 3.78. The molecule has 0 spiro atoms. The van der Waals surface area contributed by atoms with Crippen molar-refractivity contribution in [3.63, 3.8) is 0 Å². The van der Waals surface area contributed by atoms with Crippen molar-refractivity contribution in [2.24, 2.45) is 0 Å². The van der Waals surface area contributed by atoms with Gasteiger partial charge < -0.3 is 9.64 Å². The molecule has 4 rings (SSSR count). The molecule has 2 aromatic rings. The SMILES string of the molecule is O=C(c1cccc([N+](=O)[O-])c1)N1CCN(Cc2ccc3c(c2)CCO3)CC1. The predicted molar refractivity (Wildman–Crippen MR) is 99.9 cm³/mol. The summed E-state index contributed by atoms with van der Waals surface area (Å²) in [6, 6.07) is 12.3. The van der Waals surface area contributed by atoms with E-state index in [0.717, 1.165) is 38.4 Å². The van der Waals surface area contributed by atoms with E-state index in [1.165, 1.54) is 23.3 Å². The number of ether oxygens (including phenoxy) is 1. The molecular formula is C20H21N3O4. The fourth-order valence-corrected chi connectivity index (χ4v) is 3.64. The quantitative estimate of drug-likeness (QED) is 0.613. The number of piperazine rings is 1. The number of hydrogen-bond donors (Lipinski definition) is 0. The lowest BCUT2D eigenvalue weighted by molar-refractivity contribution is -0.384. The van der Waals surface area contributed by atoms with E-state index in [4.69, 9.17) is 4.74 Å². The largest absolute Gasteiger partial charge is 0.493 e. The zero-order valence-corrected chi connectivity index (χ0v) is 15.0. The average molecular weight is 367 g/mol. The fraction of sp³-hybridized carbons (Fsp3) is 0.350. The van der Waals surface area contributed by atoms with E-state index < -0.39 is 4.92 Å². The van der Waals surface area contributed by atoms with Crippen molar-refractivity contribution < 1.29 is 14.5 Å². The number of fused-ring (bicyclic) bond motifs is 1. The summed E-state index contributed by atoms with van der Waals surface area (Å²) in [5.74, 6) is 0.846. The number of rotatable bonds is 4. The van der Waals surface area contributed by atoms with Gasteiger partial charge in [0.05, 0.1) is 11.5 Å². The van der Waals surface area contributed by atoms with Gasteiger partial charge in [-0.25, -0.2) is 0 Å². The molecule has 1 saturated heterocycles. The van der Waals surface area contributed by atoms with Crippen LogP contribution in [0.1, 0.15) is 21.5 Å². The summed E-state index contributed by atoms with van der Waals surface area (Å²) in [7, 11) is 0. The summed E-state index contributed by atoms with van der Waals surface area (Å²) >= 11 is 0. The highest BCUT2D eigenvalue weighted by Crippen LogP contribution is 2.26. The van der Waals surface area contributed by atoms with Gasteiger partial charge in [0.2, 0.25) is 0 Å². The molecule has 7 nitrogen and oxygen atoms in total. The monoisotopic (exact) mass is 367 g/mol. The molecule has 7 heteroatoms. The van der Waals surface area contributed by atoms with Crippen molar-refractivity contribution in [1.29, 1.82) is 0 Å². The van der Waals surface area contributed by atoms with Crippen LogP contribution in [0.4, 0.5) is 5.69 Å². The Morgan fingerprint density at radius 1 is 1.11 bits per heavy atom. The number of hydrogen-bond acceptors (Lipinski definition) is 5. The first-order valence-electron chi connectivity index (χ1n) is 9.11. The third-order valence-corrected chi connectivity index (χ3v) is 5.12. The first kappa shape index (κ1) is 17.5. The van der Waals surface area contributed by atoms with Gasteiger partial charge >= 0.3 is 0 Å². The van der Waals surface area contributed by atoms with E-state index in [9.17, 15) is 14.9 Å². The molecule has 0 unspecified atom stereocenters. The molecule has 0 atom stereocenters. The fourth-order valence-electron chi connectivity index (χ4n) is 3.64. The minimum Gasteiger partial charge on any atom is -0.493 e. The molecule has 140 valence electrons. The number of nitrogens with zero attached hydrogens (tertiary/aromatic N) is 3. The van der Waals surface area contributed by atoms with Gasteiger partial charge in [0, 0.05) is 56.8 Å². The van der Waals surface area contributed by atoms with Crippen molar-refractivity contribution in [1.82, 2.24) is 9.80 Å². The van der Waals surface area contributed by atoms with E-state index >= 15 is 0 Å². The van der Waals surface area contributed by atoms with Gasteiger partial charge in [-0.2, -0.15) is 0 Å². The van der Waals surface area contributed by atoms with Crippen molar-refractivity contribution in [3.05, 3.63) is 69.3 Å². The van der Waals surface area contributed by atoms with E-state index in [1.807, 2.05) is 6.07 Å². The van der Waals surface area contributed by atoms with Crippen LogP contribution in [0.3, 0.4) is 0 Å². The Bertz CT molecular complexity index is 875. The summed E-state index contributed by atoms with van der Waals surface area (Å²) in [5, 5.41) is 10.9. The zero-order chi connectivity index (χ0) is 18.8. The highest BCUT2D eigenvalue weighted by Gasteiger charge is 2.23. The van der Waals surface area contributed by atoms with Gasteiger partial charge in [-0.05, 0) is 23.3 Å². The topological polar surface area (TPSA) is 75.9 Å². The maximum Gasteiger partial charge on any atom is 0.270 e. The smallest absolute Gasteiger partial charge is 0.270 e. The molecule has 0 N–H and O–H groups in total. The summed E-state index contributed by atoms with van der Waals surface area (Å²) in [4.78, 5) is 27.2. The third-order valence-electron chi connectivity index (χ3n) is 5.12. The molecule has 2 aliphatic heterocycles. The maximum atomic E-state index is 12.6. The molecule has 1 fully saturated rings. The molecule has 2 aliphatic rings. The van der Waals surface area contributed by atoms with E-state index in [0.29, 0.717) is 18.7 Å². The number of non-ortho nitro benzene ring substituents is 1. The summed E-state index contributed by atoms with van der Waals surface area (Å²) in [6.07, 6.45) is 0.967. The van der Waals surface area contributed by atoms with Crippen LogP contribution < -0.4 is 4.74 Å². The first-order chi connectivity index (χ1) is 13.1. The van der Waals surface area contributed by atoms with Gasteiger partial charge in [0.25, 0.3) is 11.6 Å². The molecule has 2 aromatic carbocycles. The standard InChI is InChI=1S/C20H21N3O4/c24-20(17-2-1-3-18(13-17)23(25)26)22-9-7-21(8-10-22)14-15-4-5-19-16(12-15)6-11-27-19/h1-5,12-13H,6-11,14H2. The normalized spacial score (nSPS) is 16.7. The summed E-state index contributed by atoms with van der Waals surface area (Å²) in [6.45, 7) is 4.43. The lowest BCUT2D eigenvalue weighted by Crippen LogP contribution is -2.48. The molecule has 0 aliphatic carbocycles. The summed E-state index contributed by atoms with van der Waals surface area (Å²) < 4.78 is 5.55. The van der Waals surface area contributed by atoms with Crippen LogP contribution in [0.2, 0.25) is 0 Å². The van der Waals surface area contributed by atoms with Crippen LogP contribution >= 0.6 is 0 Å². The number of carbonyl (C=O) groups is 1. The lowest BCUT2D eigenvalue weighted by atomic mass is 10.1. The maximum absolute atomic E-state index is 12.6. The van der Waals surface area contributed by atoms with Crippen LogP contribution in [-0.2, 0) is 13.0 Å². The molecule has 0 radical (unpaired) electrons. The van der Waals surface area contributed by atoms with Gasteiger partial charge in [-0.1, -0.05) is 18.2 Å². The van der Waals surface area contributed by atoms with Gasteiger partial charge in [0.15, 0.2) is 0 Å². The Balaban J connectivity index is 1.35. The van der Waals surface area contributed by atoms with Gasteiger partial charge in [-0.15, -0.1) is 0 Å². The Kier molecular flexibility index (Phi) is 4.77. The molecule has 1 amide bonds. The molecule has 0 bridgehead atoms. The molecular weight excluding hydrogens is 346 g/mol. The van der Waals surface area contributed by atoms with Crippen molar-refractivity contribution in [2.45, 2.75) is 13.0 Å².